The molecule has 1 saturated heterocycles. The largest absolute Gasteiger partial charge is 0.495 e. The predicted molar refractivity (Wildman–Crippen MR) is 94.2 cm³/mol. The summed E-state index contributed by atoms with van der Waals surface area (Å²) in [5.74, 6) is -1.55. The molecule has 1 heterocycles. The van der Waals surface area contributed by atoms with E-state index in [0.29, 0.717) is 22.9 Å². The number of ether oxygens (including phenoxy) is 1. The Morgan fingerprint density at radius 1 is 1.16 bits per heavy atom. The number of carbonyl (C=O) groups is 2. The first-order chi connectivity index (χ1) is 12.0. The van der Waals surface area contributed by atoms with Crippen LogP contribution < -0.4 is 4.74 Å². The van der Waals surface area contributed by atoms with Gasteiger partial charge in [0.05, 0.1) is 18.1 Å². The molecule has 0 aliphatic carbocycles. The highest BCUT2D eigenvalue weighted by atomic mass is 35.5. The molecule has 6 heteroatoms. The van der Waals surface area contributed by atoms with Gasteiger partial charge in [-0.1, -0.05) is 41.9 Å². The van der Waals surface area contributed by atoms with E-state index < -0.39 is 11.9 Å². The lowest BCUT2D eigenvalue weighted by atomic mass is 9.89. The molecule has 0 radical (unpaired) electrons. The van der Waals surface area contributed by atoms with Gasteiger partial charge in [0, 0.05) is 24.6 Å². The van der Waals surface area contributed by atoms with E-state index in [9.17, 15) is 14.7 Å². The fourth-order valence-electron chi connectivity index (χ4n) is 3.23. The molecule has 2 aromatic carbocycles. The van der Waals surface area contributed by atoms with Gasteiger partial charge in [0.25, 0.3) is 5.91 Å². The minimum atomic E-state index is -0.891. The first kappa shape index (κ1) is 17.3. The van der Waals surface area contributed by atoms with Gasteiger partial charge in [-0.2, -0.15) is 0 Å². The van der Waals surface area contributed by atoms with Crippen molar-refractivity contribution in [3.63, 3.8) is 0 Å². The van der Waals surface area contributed by atoms with Gasteiger partial charge in [-0.15, -0.1) is 0 Å². The number of carbonyl (C=O) groups excluding carboxylic acids is 1. The van der Waals surface area contributed by atoms with Crippen molar-refractivity contribution >= 4 is 23.5 Å². The number of carboxylic acids is 1. The van der Waals surface area contributed by atoms with E-state index in [2.05, 4.69) is 0 Å². The second-order valence-corrected chi connectivity index (χ2v) is 6.43. The fraction of sp³-hybridized carbons (Fsp3) is 0.263. The number of methoxy groups -OCH3 is 1. The van der Waals surface area contributed by atoms with Crippen molar-refractivity contribution in [1.82, 2.24) is 4.90 Å². The summed E-state index contributed by atoms with van der Waals surface area (Å²) in [5, 5.41) is 9.98. The monoisotopic (exact) mass is 359 g/mol. The molecule has 1 amide bonds. The number of benzene rings is 2. The van der Waals surface area contributed by atoms with E-state index in [1.165, 1.54) is 7.11 Å². The summed E-state index contributed by atoms with van der Waals surface area (Å²) in [4.78, 5) is 26.0. The number of amides is 1. The minimum Gasteiger partial charge on any atom is -0.495 e. The van der Waals surface area contributed by atoms with Crippen molar-refractivity contribution in [2.24, 2.45) is 5.92 Å². The zero-order valence-electron chi connectivity index (χ0n) is 13.7. The Labute approximate surface area is 150 Å². The Morgan fingerprint density at radius 2 is 1.88 bits per heavy atom. The molecule has 130 valence electrons. The number of nitrogens with zero attached hydrogens (tertiary/aromatic N) is 1. The summed E-state index contributed by atoms with van der Waals surface area (Å²) in [6, 6.07) is 14.3. The maximum atomic E-state index is 12.8. The molecule has 2 aromatic rings. The molecule has 1 aliphatic rings. The molecule has 1 N–H and O–H groups in total. The number of aliphatic carboxylic acids is 1. The van der Waals surface area contributed by atoms with Crippen LogP contribution in [0.3, 0.4) is 0 Å². The maximum absolute atomic E-state index is 12.8. The van der Waals surface area contributed by atoms with Crippen LogP contribution in [0.5, 0.6) is 5.75 Å². The molecular formula is C19H18ClNO4. The van der Waals surface area contributed by atoms with Crippen LogP contribution in [0, 0.1) is 5.92 Å². The van der Waals surface area contributed by atoms with Crippen LogP contribution in [0.1, 0.15) is 21.8 Å². The SMILES string of the molecule is COc1cc(C(=O)N2C[C@H](C(=O)O)[C@H](c3ccccc3)C2)ccc1Cl. The molecule has 3 rings (SSSR count). The predicted octanol–water partition coefficient (Wildman–Crippen LogP) is 3.29. The van der Waals surface area contributed by atoms with Crippen molar-refractivity contribution in [2.45, 2.75) is 5.92 Å². The summed E-state index contributed by atoms with van der Waals surface area (Å²) in [6.07, 6.45) is 0. The van der Waals surface area contributed by atoms with Gasteiger partial charge in [0.15, 0.2) is 0 Å². The minimum absolute atomic E-state index is 0.179. The highest BCUT2D eigenvalue weighted by molar-refractivity contribution is 6.32. The number of likely N-dealkylation sites (tertiary alicyclic amines) is 1. The van der Waals surface area contributed by atoms with Crippen LogP contribution in [-0.4, -0.2) is 42.1 Å². The molecule has 0 bridgehead atoms. The average Bonchev–Trinajstić information content (AvgIpc) is 3.08. The van der Waals surface area contributed by atoms with Gasteiger partial charge >= 0.3 is 5.97 Å². The van der Waals surface area contributed by atoms with Gasteiger partial charge in [0.2, 0.25) is 0 Å². The quantitative estimate of drug-likeness (QED) is 0.909. The van der Waals surface area contributed by atoms with Gasteiger partial charge < -0.3 is 14.7 Å². The maximum Gasteiger partial charge on any atom is 0.308 e. The zero-order chi connectivity index (χ0) is 18.0. The van der Waals surface area contributed by atoms with Crippen LogP contribution in [0.2, 0.25) is 5.02 Å². The molecule has 2 atom stereocenters. The van der Waals surface area contributed by atoms with Crippen molar-refractivity contribution in [3.8, 4) is 5.75 Å². The van der Waals surface area contributed by atoms with Crippen molar-refractivity contribution < 1.29 is 19.4 Å². The smallest absolute Gasteiger partial charge is 0.308 e. The molecule has 5 nitrogen and oxygen atoms in total. The lowest BCUT2D eigenvalue weighted by molar-refractivity contribution is -0.141. The third-order valence-corrected chi connectivity index (χ3v) is 4.86. The van der Waals surface area contributed by atoms with Gasteiger partial charge in [-0.05, 0) is 23.8 Å². The van der Waals surface area contributed by atoms with E-state index in [1.54, 1.807) is 23.1 Å². The number of halogens is 1. The van der Waals surface area contributed by atoms with Crippen LogP contribution in [0.15, 0.2) is 48.5 Å². The Morgan fingerprint density at radius 3 is 2.52 bits per heavy atom. The first-order valence-corrected chi connectivity index (χ1v) is 8.29. The van der Waals surface area contributed by atoms with E-state index in [4.69, 9.17) is 16.3 Å². The molecule has 0 unspecified atom stereocenters. The second-order valence-electron chi connectivity index (χ2n) is 6.02. The Hall–Kier alpha value is -2.53. The lowest BCUT2D eigenvalue weighted by Crippen LogP contribution is -2.29. The Kier molecular flexibility index (Phi) is 4.95. The third-order valence-electron chi connectivity index (χ3n) is 4.55. The van der Waals surface area contributed by atoms with E-state index in [0.717, 1.165) is 5.56 Å². The third kappa shape index (κ3) is 3.46. The number of carboxylic acid groups (broad SMARTS) is 1. The zero-order valence-corrected chi connectivity index (χ0v) is 14.4. The van der Waals surface area contributed by atoms with Crippen LogP contribution >= 0.6 is 11.6 Å². The molecule has 0 aromatic heterocycles. The molecule has 0 spiro atoms. The number of hydrogen-bond acceptors (Lipinski definition) is 3. The molecule has 1 fully saturated rings. The van der Waals surface area contributed by atoms with E-state index in [-0.39, 0.29) is 18.4 Å². The van der Waals surface area contributed by atoms with Crippen LogP contribution in [-0.2, 0) is 4.79 Å². The van der Waals surface area contributed by atoms with Crippen molar-refractivity contribution in [3.05, 3.63) is 64.7 Å². The number of rotatable bonds is 4. The fourth-order valence-corrected chi connectivity index (χ4v) is 3.43. The molecule has 0 saturated carbocycles. The highest BCUT2D eigenvalue weighted by Crippen LogP contribution is 2.34. The van der Waals surface area contributed by atoms with Gasteiger partial charge in [0.1, 0.15) is 5.75 Å². The average molecular weight is 360 g/mol. The van der Waals surface area contributed by atoms with Gasteiger partial charge in [-0.3, -0.25) is 9.59 Å². The van der Waals surface area contributed by atoms with Crippen LogP contribution in [0.4, 0.5) is 0 Å². The number of hydrogen-bond donors (Lipinski definition) is 1. The normalized spacial score (nSPS) is 19.7. The topological polar surface area (TPSA) is 66.8 Å². The molecule has 25 heavy (non-hydrogen) atoms. The van der Waals surface area contributed by atoms with Gasteiger partial charge in [-0.25, -0.2) is 0 Å². The van der Waals surface area contributed by atoms with Crippen LogP contribution in [0.25, 0.3) is 0 Å². The van der Waals surface area contributed by atoms with E-state index >= 15 is 0 Å². The van der Waals surface area contributed by atoms with Crippen molar-refractivity contribution in [2.75, 3.05) is 20.2 Å². The summed E-state index contributed by atoms with van der Waals surface area (Å²) >= 11 is 6.00. The highest BCUT2D eigenvalue weighted by Gasteiger charge is 2.40. The molecular weight excluding hydrogens is 342 g/mol. The Balaban J connectivity index is 1.86. The van der Waals surface area contributed by atoms with Crippen molar-refractivity contribution in [1.29, 1.82) is 0 Å². The summed E-state index contributed by atoms with van der Waals surface area (Å²) < 4.78 is 5.15. The first-order valence-electron chi connectivity index (χ1n) is 7.92. The molecule has 1 aliphatic heterocycles. The second kappa shape index (κ2) is 7.15. The summed E-state index contributed by atoms with van der Waals surface area (Å²) in [7, 11) is 1.48. The Bertz CT molecular complexity index is 793. The summed E-state index contributed by atoms with van der Waals surface area (Å²) in [5.41, 5.74) is 1.36. The summed E-state index contributed by atoms with van der Waals surface area (Å²) in [6.45, 7) is 0.545. The lowest BCUT2D eigenvalue weighted by Gasteiger charge is -2.17. The standard InChI is InChI=1S/C19H18ClNO4/c1-25-17-9-13(7-8-16(17)20)18(22)21-10-14(15(11-21)19(23)24)12-5-3-2-4-6-12/h2-9,14-15H,10-11H2,1H3,(H,23,24)/t14-,15-/m0/s1. The van der Waals surface area contributed by atoms with E-state index in [1.807, 2.05) is 30.3 Å².